The Morgan fingerprint density at radius 1 is 1.04 bits per heavy atom. The first kappa shape index (κ1) is 20.0. The van der Waals surface area contributed by atoms with Gasteiger partial charge in [-0.1, -0.05) is 30.3 Å². The first-order valence-corrected chi connectivity index (χ1v) is 9.39. The van der Waals surface area contributed by atoms with Crippen LogP contribution in [0.4, 0.5) is 8.78 Å². The summed E-state index contributed by atoms with van der Waals surface area (Å²) in [7, 11) is -0.911. The van der Waals surface area contributed by atoms with Crippen LogP contribution in [-0.2, 0) is 9.84 Å². The number of amides is 1. The quantitative estimate of drug-likeness (QED) is 0.800. The molecule has 0 aliphatic heterocycles. The zero-order valence-electron chi connectivity index (χ0n) is 14.4. The van der Waals surface area contributed by atoms with Gasteiger partial charge in [-0.05, 0) is 43.9 Å². The second-order valence-corrected chi connectivity index (χ2v) is 7.95. The Labute approximate surface area is 151 Å². The first-order chi connectivity index (χ1) is 12.2. The topological polar surface area (TPSA) is 66.5 Å². The van der Waals surface area contributed by atoms with Crippen molar-refractivity contribution in [1.29, 1.82) is 0 Å². The molecular formula is C18H20F2N2O3S. The highest BCUT2D eigenvalue weighted by Gasteiger charge is 2.26. The van der Waals surface area contributed by atoms with E-state index in [1.54, 1.807) is 0 Å². The van der Waals surface area contributed by atoms with E-state index in [0.717, 1.165) is 17.7 Å². The van der Waals surface area contributed by atoms with Gasteiger partial charge >= 0.3 is 5.76 Å². The Kier molecular flexibility index (Phi) is 6.44. The van der Waals surface area contributed by atoms with Crippen LogP contribution in [0.1, 0.15) is 22.0 Å². The number of benzene rings is 2. The number of likely N-dealkylation sites (N-methyl/N-ethyl adjacent to an activating group) is 1. The van der Waals surface area contributed by atoms with Gasteiger partial charge in [0.15, 0.2) is 0 Å². The van der Waals surface area contributed by atoms with Crippen molar-refractivity contribution < 1.29 is 22.0 Å². The van der Waals surface area contributed by atoms with Crippen molar-refractivity contribution in [2.45, 2.75) is 16.7 Å². The summed E-state index contributed by atoms with van der Waals surface area (Å²) in [5, 5.41) is 2.88. The minimum absolute atomic E-state index is 0.193. The van der Waals surface area contributed by atoms with Crippen molar-refractivity contribution in [2.75, 3.05) is 20.6 Å². The zero-order valence-corrected chi connectivity index (χ0v) is 15.2. The number of nitrogens with one attached hydrogen (secondary N) is 1. The number of carbonyl (C=O) groups excluding carboxylic acids is 1. The van der Waals surface area contributed by atoms with Gasteiger partial charge in [0.2, 0.25) is 9.84 Å². The molecule has 140 valence electrons. The normalized spacial score (nSPS) is 13.0. The van der Waals surface area contributed by atoms with Gasteiger partial charge in [0.05, 0.1) is 10.9 Å². The van der Waals surface area contributed by atoms with Crippen LogP contribution in [0.25, 0.3) is 0 Å². The molecule has 2 aromatic carbocycles. The number of carbonyl (C=O) groups is 1. The molecule has 8 heteroatoms. The maximum atomic E-state index is 12.6. The number of alkyl halides is 2. The molecule has 0 aliphatic carbocycles. The van der Waals surface area contributed by atoms with Crippen LogP contribution in [0.5, 0.6) is 0 Å². The van der Waals surface area contributed by atoms with Crippen LogP contribution in [0, 0.1) is 0 Å². The Bertz CT molecular complexity index is 838. The highest BCUT2D eigenvalue weighted by Crippen LogP contribution is 2.19. The monoisotopic (exact) mass is 382 g/mol. The minimum atomic E-state index is -4.67. The molecule has 0 aliphatic rings. The number of halogens is 2. The van der Waals surface area contributed by atoms with E-state index >= 15 is 0 Å². The van der Waals surface area contributed by atoms with Gasteiger partial charge in [0.25, 0.3) is 5.91 Å². The predicted molar refractivity (Wildman–Crippen MR) is 94.8 cm³/mol. The third-order valence-electron chi connectivity index (χ3n) is 3.73. The fourth-order valence-electron chi connectivity index (χ4n) is 2.43. The lowest BCUT2D eigenvalue weighted by Crippen LogP contribution is -2.35. The van der Waals surface area contributed by atoms with E-state index in [-0.39, 0.29) is 11.6 Å². The Hall–Kier alpha value is -2.32. The summed E-state index contributed by atoms with van der Waals surface area (Å²) in [6.07, 6.45) is 0. The van der Waals surface area contributed by atoms with Crippen molar-refractivity contribution in [1.82, 2.24) is 10.2 Å². The van der Waals surface area contributed by atoms with Crippen LogP contribution in [-0.4, -0.2) is 45.6 Å². The van der Waals surface area contributed by atoms with E-state index in [4.69, 9.17) is 0 Å². The molecule has 0 aromatic heterocycles. The number of hydrogen-bond acceptors (Lipinski definition) is 4. The van der Waals surface area contributed by atoms with Crippen LogP contribution in [0.2, 0.25) is 0 Å². The second kappa shape index (κ2) is 8.37. The van der Waals surface area contributed by atoms with E-state index in [2.05, 4.69) is 5.32 Å². The average Bonchev–Trinajstić information content (AvgIpc) is 2.61. The fraction of sp³-hybridized carbons (Fsp3) is 0.278. The molecule has 0 saturated heterocycles. The van der Waals surface area contributed by atoms with Gasteiger partial charge < -0.3 is 10.2 Å². The number of hydrogen-bond donors (Lipinski definition) is 1. The minimum Gasteiger partial charge on any atom is -0.344 e. The van der Waals surface area contributed by atoms with E-state index in [9.17, 15) is 22.0 Å². The molecule has 26 heavy (non-hydrogen) atoms. The zero-order chi connectivity index (χ0) is 19.3. The van der Waals surface area contributed by atoms with E-state index < -0.39 is 26.4 Å². The number of nitrogens with zero attached hydrogens (tertiary/aromatic N) is 1. The number of rotatable bonds is 7. The smallest absolute Gasteiger partial charge is 0.341 e. The molecule has 2 aromatic rings. The van der Waals surface area contributed by atoms with E-state index in [1.807, 2.05) is 49.3 Å². The highest BCUT2D eigenvalue weighted by molar-refractivity contribution is 7.91. The molecular weight excluding hydrogens is 362 g/mol. The summed E-state index contributed by atoms with van der Waals surface area (Å²) in [6.45, 7) is 0.563. The molecule has 0 spiro atoms. The maximum absolute atomic E-state index is 12.6. The van der Waals surface area contributed by atoms with E-state index in [1.165, 1.54) is 12.1 Å². The largest absolute Gasteiger partial charge is 0.344 e. The molecule has 5 nitrogen and oxygen atoms in total. The molecule has 0 radical (unpaired) electrons. The fourth-order valence-corrected chi connectivity index (χ4v) is 3.15. The van der Waals surface area contributed by atoms with Gasteiger partial charge in [0.1, 0.15) is 0 Å². The molecule has 0 heterocycles. The van der Waals surface area contributed by atoms with Gasteiger partial charge in [-0.2, -0.15) is 8.78 Å². The van der Waals surface area contributed by atoms with Crippen molar-refractivity contribution in [3.05, 3.63) is 65.7 Å². The maximum Gasteiger partial charge on any atom is 0.341 e. The summed E-state index contributed by atoms with van der Waals surface area (Å²) in [5.41, 5.74) is 1.12. The third-order valence-corrected chi connectivity index (χ3v) is 5.13. The second-order valence-electron chi connectivity index (χ2n) is 6.03. The van der Waals surface area contributed by atoms with Crippen LogP contribution >= 0.6 is 0 Å². The standard InChI is InChI=1S/C18H20F2N2O3S/c1-22(2)12-16(13-6-4-3-5-7-13)21-17(23)14-8-10-15(11-9-14)26(24,25)18(19)20/h3-11,16,18H,12H2,1-2H3,(H,21,23). The van der Waals surface area contributed by atoms with Crippen molar-refractivity contribution in [3.8, 4) is 0 Å². The lowest BCUT2D eigenvalue weighted by atomic mass is 10.1. The molecule has 0 bridgehead atoms. The summed E-state index contributed by atoms with van der Waals surface area (Å²) >= 11 is 0. The molecule has 1 N–H and O–H groups in total. The molecule has 0 saturated carbocycles. The summed E-state index contributed by atoms with van der Waals surface area (Å²) < 4.78 is 48.0. The first-order valence-electron chi connectivity index (χ1n) is 7.84. The number of sulfone groups is 1. The Morgan fingerprint density at radius 3 is 2.12 bits per heavy atom. The lowest BCUT2D eigenvalue weighted by Gasteiger charge is -2.23. The molecule has 1 unspecified atom stereocenters. The van der Waals surface area contributed by atoms with Gasteiger partial charge in [-0.15, -0.1) is 0 Å². The Morgan fingerprint density at radius 2 is 1.62 bits per heavy atom. The van der Waals surface area contributed by atoms with Crippen molar-refractivity contribution in [2.24, 2.45) is 0 Å². The SMILES string of the molecule is CN(C)CC(NC(=O)c1ccc(S(=O)(=O)C(F)F)cc1)c1ccccc1. The van der Waals surface area contributed by atoms with Crippen molar-refractivity contribution in [3.63, 3.8) is 0 Å². The van der Waals surface area contributed by atoms with Crippen LogP contribution in [0.15, 0.2) is 59.5 Å². The summed E-state index contributed by atoms with van der Waals surface area (Å²) in [6, 6.07) is 13.6. The molecule has 1 atom stereocenters. The van der Waals surface area contributed by atoms with Gasteiger partial charge in [0, 0.05) is 12.1 Å². The lowest BCUT2D eigenvalue weighted by molar-refractivity contribution is 0.0930. The Balaban J connectivity index is 2.19. The van der Waals surface area contributed by atoms with Crippen LogP contribution in [0.3, 0.4) is 0 Å². The predicted octanol–water partition coefficient (Wildman–Crippen LogP) is 2.72. The molecule has 1 amide bonds. The van der Waals surface area contributed by atoms with E-state index in [0.29, 0.717) is 6.54 Å². The van der Waals surface area contributed by atoms with Crippen molar-refractivity contribution >= 4 is 15.7 Å². The third kappa shape index (κ3) is 4.86. The summed E-state index contributed by atoms with van der Waals surface area (Å²) in [5.74, 6) is -3.91. The van der Waals surface area contributed by atoms with Crippen LogP contribution < -0.4 is 5.32 Å². The average molecular weight is 382 g/mol. The highest BCUT2D eigenvalue weighted by atomic mass is 32.2. The van der Waals surface area contributed by atoms with Gasteiger partial charge in [-0.25, -0.2) is 8.42 Å². The molecule has 0 fully saturated rings. The summed E-state index contributed by atoms with van der Waals surface area (Å²) in [4.78, 5) is 13.9. The molecule has 2 rings (SSSR count). The van der Waals surface area contributed by atoms with Gasteiger partial charge in [-0.3, -0.25) is 4.79 Å².